The Bertz CT molecular complexity index is 902. The number of likely N-dealkylation sites (N-methyl/N-ethyl adjacent to an activating group) is 1. The van der Waals surface area contributed by atoms with Gasteiger partial charge >= 0.3 is 0 Å². The lowest BCUT2D eigenvalue weighted by Crippen LogP contribution is -2.47. The summed E-state index contributed by atoms with van der Waals surface area (Å²) < 4.78 is 0. The number of nitrogens with one attached hydrogen (secondary N) is 1. The smallest absolute Gasteiger partial charge is 0.230 e. The van der Waals surface area contributed by atoms with Gasteiger partial charge in [0, 0.05) is 42.8 Å². The number of hydrogen-bond donors (Lipinski definition) is 1. The van der Waals surface area contributed by atoms with Crippen LogP contribution in [0.25, 0.3) is 16.5 Å². The maximum atomic E-state index is 12.9. The normalized spacial score (nSPS) is 20.2. The van der Waals surface area contributed by atoms with Gasteiger partial charge in [-0.2, -0.15) is 0 Å². The van der Waals surface area contributed by atoms with Crippen molar-refractivity contribution in [2.75, 3.05) is 46.3 Å². The first-order chi connectivity index (χ1) is 15.0. The first-order valence-electron chi connectivity index (χ1n) is 12.0. The minimum absolute atomic E-state index is 0.0445. The van der Waals surface area contributed by atoms with Gasteiger partial charge in [-0.1, -0.05) is 39.0 Å². The van der Waals surface area contributed by atoms with E-state index in [0.29, 0.717) is 6.04 Å². The van der Waals surface area contributed by atoms with Gasteiger partial charge in [-0.15, -0.1) is 0 Å². The molecule has 0 saturated carbocycles. The molecule has 1 N–H and O–H groups in total. The fourth-order valence-corrected chi connectivity index (χ4v) is 5.05. The molecule has 0 radical (unpaired) electrons. The lowest BCUT2D eigenvalue weighted by molar-refractivity contribution is -0.134. The van der Waals surface area contributed by atoms with Crippen LogP contribution >= 0.6 is 0 Å². The first kappa shape index (κ1) is 23.6. The Hall–Kier alpha value is -2.11. The summed E-state index contributed by atoms with van der Waals surface area (Å²) in [6, 6.07) is 6.82. The van der Waals surface area contributed by atoms with Crippen LogP contribution in [0.2, 0.25) is 0 Å². The van der Waals surface area contributed by atoms with Crippen molar-refractivity contribution in [1.82, 2.24) is 19.7 Å². The third kappa shape index (κ3) is 4.73. The average molecular weight is 425 g/mol. The van der Waals surface area contributed by atoms with Crippen LogP contribution in [0.15, 0.2) is 30.5 Å². The molecule has 0 spiro atoms. The van der Waals surface area contributed by atoms with Gasteiger partial charge in [0.15, 0.2) is 0 Å². The molecular formula is C26H40N4O. The third-order valence-corrected chi connectivity index (χ3v) is 7.00. The van der Waals surface area contributed by atoms with Gasteiger partial charge in [0.1, 0.15) is 0 Å². The summed E-state index contributed by atoms with van der Waals surface area (Å²) in [5.74, 6) is 0.210. The molecule has 1 aliphatic heterocycles. The molecule has 4 rings (SSSR count). The minimum Gasteiger partial charge on any atom is -0.361 e. The van der Waals surface area contributed by atoms with Crippen molar-refractivity contribution in [2.45, 2.75) is 47.1 Å². The fourth-order valence-electron chi connectivity index (χ4n) is 5.05. The van der Waals surface area contributed by atoms with Crippen LogP contribution in [0.4, 0.5) is 0 Å². The summed E-state index contributed by atoms with van der Waals surface area (Å²) in [5.41, 5.74) is 5.21. The Morgan fingerprint density at radius 1 is 1.06 bits per heavy atom. The van der Waals surface area contributed by atoms with Crippen LogP contribution in [0.5, 0.6) is 0 Å². The SMILES string of the molecule is CCN(CC)C(=O)[C@@H]1C=C2c3cccc4[nH]cc(c34)C[C@H]2N(C)C1.CCN(CC)CC. The second kappa shape index (κ2) is 10.5. The van der Waals surface area contributed by atoms with Crippen LogP contribution in [-0.2, 0) is 11.2 Å². The molecule has 2 aliphatic rings. The molecule has 2 aromatic rings. The van der Waals surface area contributed by atoms with E-state index in [4.69, 9.17) is 0 Å². The van der Waals surface area contributed by atoms with E-state index in [1.807, 2.05) is 4.90 Å². The number of nitrogens with zero attached hydrogens (tertiary/aromatic N) is 3. The van der Waals surface area contributed by atoms with Crippen molar-refractivity contribution in [1.29, 1.82) is 0 Å². The van der Waals surface area contributed by atoms with Crippen molar-refractivity contribution in [3.05, 3.63) is 41.6 Å². The Morgan fingerprint density at radius 3 is 2.32 bits per heavy atom. The Balaban J connectivity index is 0.000000339. The molecule has 0 bridgehead atoms. The van der Waals surface area contributed by atoms with E-state index in [1.54, 1.807) is 0 Å². The van der Waals surface area contributed by atoms with E-state index in [2.05, 4.69) is 86.9 Å². The maximum Gasteiger partial charge on any atom is 0.230 e. The maximum absolute atomic E-state index is 12.9. The summed E-state index contributed by atoms with van der Waals surface area (Å²) >= 11 is 0. The fraction of sp³-hybridized carbons (Fsp3) is 0.577. The second-order valence-corrected chi connectivity index (χ2v) is 8.56. The van der Waals surface area contributed by atoms with E-state index >= 15 is 0 Å². The van der Waals surface area contributed by atoms with E-state index in [9.17, 15) is 4.79 Å². The van der Waals surface area contributed by atoms with Crippen LogP contribution in [0.1, 0.15) is 45.7 Å². The molecule has 0 fully saturated rings. The van der Waals surface area contributed by atoms with Gasteiger partial charge in [0.25, 0.3) is 0 Å². The standard InChI is InChI=1S/C20H25N3O.C6H15N/c1-4-23(5-2)20(24)14-9-16-15-7-6-8-17-19(15)13(11-21-17)10-18(16)22(3)12-14;1-4-7(5-2)6-3/h6-9,11,14,18,21H,4-5,10,12H2,1-3H3;4-6H2,1-3H3/t14-,18-;/m1./s1. The monoisotopic (exact) mass is 424 g/mol. The average Bonchev–Trinajstić information content (AvgIpc) is 3.21. The molecule has 0 unspecified atom stereocenters. The summed E-state index contributed by atoms with van der Waals surface area (Å²) in [4.78, 5) is 22.9. The lowest BCUT2D eigenvalue weighted by Gasteiger charge is -2.40. The summed E-state index contributed by atoms with van der Waals surface area (Å²) in [6.45, 7) is 16.6. The number of amides is 1. The second-order valence-electron chi connectivity index (χ2n) is 8.56. The van der Waals surface area contributed by atoms with Gasteiger partial charge in [-0.25, -0.2) is 0 Å². The van der Waals surface area contributed by atoms with Gasteiger partial charge in [-0.3, -0.25) is 9.69 Å². The highest BCUT2D eigenvalue weighted by Gasteiger charge is 2.36. The predicted molar refractivity (Wildman–Crippen MR) is 131 cm³/mol. The molecule has 170 valence electrons. The molecule has 1 aromatic heterocycles. The quantitative estimate of drug-likeness (QED) is 0.754. The third-order valence-electron chi connectivity index (χ3n) is 7.00. The zero-order valence-electron chi connectivity index (χ0n) is 20.2. The van der Waals surface area contributed by atoms with Crippen molar-refractivity contribution in [2.24, 2.45) is 5.92 Å². The van der Waals surface area contributed by atoms with Gasteiger partial charge in [0.2, 0.25) is 5.91 Å². The number of carbonyl (C=O) groups is 1. The number of benzene rings is 1. The number of fused-ring (bicyclic) bond motifs is 2. The van der Waals surface area contributed by atoms with Crippen LogP contribution < -0.4 is 0 Å². The zero-order valence-corrected chi connectivity index (χ0v) is 20.2. The van der Waals surface area contributed by atoms with E-state index in [1.165, 1.54) is 47.2 Å². The van der Waals surface area contributed by atoms with E-state index < -0.39 is 0 Å². The van der Waals surface area contributed by atoms with Crippen LogP contribution in [-0.4, -0.2) is 77.9 Å². The van der Waals surface area contributed by atoms with Gasteiger partial charge in [-0.05, 0) is 69.7 Å². The highest BCUT2D eigenvalue weighted by molar-refractivity contribution is 5.99. The van der Waals surface area contributed by atoms with Crippen LogP contribution in [0, 0.1) is 5.92 Å². The topological polar surface area (TPSA) is 42.6 Å². The number of hydrogen-bond acceptors (Lipinski definition) is 3. The van der Waals surface area contributed by atoms with Gasteiger partial charge in [0.05, 0.1) is 5.92 Å². The molecule has 31 heavy (non-hydrogen) atoms. The molecule has 0 saturated heterocycles. The largest absolute Gasteiger partial charge is 0.361 e. The Kier molecular flexibility index (Phi) is 7.95. The van der Waals surface area contributed by atoms with Gasteiger partial charge < -0.3 is 14.8 Å². The first-order valence-corrected chi connectivity index (χ1v) is 12.0. The molecule has 2 atom stereocenters. The minimum atomic E-state index is -0.0445. The summed E-state index contributed by atoms with van der Waals surface area (Å²) in [5, 5.41) is 1.34. The lowest BCUT2D eigenvalue weighted by atomic mass is 9.79. The van der Waals surface area contributed by atoms with Crippen molar-refractivity contribution in [3.63, 3.8) is 0 Å². The molecular weight excluding hydrogens is 384 g/mol. The predicted octanol–water partition coefficient (Wildman–Crippen LogP) is 4.25. The Morgan fingerprint density at radius 2 is 1.74 bits per heavy atom. The number of aromatic nitrogens is 1. The van der Waals surface area contributed by atoms with E-state index in [-0.39, 0.29) is 11.8 Å². The number of aromatic amines is 1. The zero-order chi connectivity index (χ0) is 22.5. The number of H-pyrrole nitrogens is 1. The highest BCUT2D eigenvalue weighted by Crippen LogP contribution is 2.40. The summed E-state index contributed by atoms with van der Waals surface area (Å²) in [6.07, 6.45) is 5.41. The Labute approximate surface area is 188 Å². The molecule has 2 heterocycles. The van der Waals surface area contributed by atoms with Crippen LogP contribution in [0.3, 0.4) is 0 Å². The molecule has 1 amide bonds. The molecule has 5 nitrogen and oxygen atoms in total. The summed E-state index contributed by atoms with van der Waals surface area (Å²) in [7, 11) is 2.15. The number of rotatable bonds is 6. The van der Waals surface area contributed by atoms with Crippen molar-refractivity contribution in [3.8, 4) is 0 Å². The molecule has 1 aromatic carbocycles. The highest BCUT2D eigenvalue weighted by atomic mass is 16.2. The number of carbonyl (C=O) groups excluding carboxylic acids is 1. The van der Waals surface area contributed by atoms with Crippen molar-refractivity contribution < 1.29 is 4.79 Å². The van der Waals surface area contributed by atoms with E-state index in [0.717, 1.165) is 26.1 Å². The van der Waals surface area contributed by atoms with Crippen molar-refractivity contribution >= 4 is 22.4 Å². The molecule has 1 aliphatic carbocycles. The molecule has 5 heteroatoms.